The topological polar surface area (TPSA) is 70.8 Å². The van der Waals surface area contributed by atoms with Crippen LogP contribution in [0.2, 0.25) is 5.02 Å². The van der Waals surface area contributed by atoms with Crippen molar-refractivity contribution >= 4 is 23.3 Å². The lowest BCUT2D eigenvalue weighted by Gasteiger charge is -2.20. The van der Waals surface area contributed by atoms with Crippen molar-refractivity contribution in [2.75, 3.05) is 18.9 Å². The van der Waals surface area contributed by atoms with Crippen LogP contribution in [0.25, 0.3) is 0 Å². The summed E-state index contributed by atoms with van der Waals surface area (Å²) in [6, 6.07) is 6.83. The van der Waals surface area contributed by atoms with Crippen molar-refractivity contribution < 1.29 is 23.4 Å². The van der Waals surface area contributed by atoms with Crippen LogP contribution >= 0.6 is 11.6 Å². The average Bonchev–Trinajstić information content (AvgIpc) is 2.53. The van der Waals surface area contributed by atoms with E-state index < -0.39 is 11.8 Å². The van der Waals surface area contributed by atoms with Crippen molar-refractivity contribution in [3.8, 4) is 11.5 Å². The Balaban J connectivity index is 1.73. The highest BCUT2D eigenvalue weighted by molar-refractivity contribution is 6.32. The minimum atomic E-state index is -0.645. The fourth-order valence-corrected chi connectivity index (χ4v) is 2.48. The summed E-state index contributed by atoms with van der Waals surface area (Å²) in [5.74, 6) is -0.168. The van der Waals surface area contributed by atoms with E-state index in [1.165, 1.54) is 6.07 Å². The van der Waals surface area contributed by atoms with Gasteiger partial charge in [-0.1, -0.05) is 11.6 Å². The lowest BCUT2D eigenvalue weighted by molar-refractivity contribution is 0.0473. The third kappa shape index (κ3) is 3.32. The van der Waals surface area contributed by atoms with Gasteiger partial charge in [-0.25, -0.2) is 9.18 Å². The van der Waals surface area contributed by atoms with E-state index in [1.807, 2.05) is 0 Å². The number of rotatable bonds is 3. The minimum Gasteiger partial charge on any atom is -0.486 e. The first kappa shape index (κ1) is 15.4. The van der Waals surface area contributed by atoms with Gasteiger partial charge in [0, 0.05) is 5.69 Å². The number of hydrogen-bond acceptors (Lipinski definition) is 5. The van der Waals surface area contributed by atoms with Gasteiger partial charge in [-0.05, 0) is 35.9 Å². The average molecular weight is 338 g/mol. The first-order valence-electron chi connectivity index (χ1n) is 6.85. The van der Waals surface area contributed by atoms with Gasteiger partial charge >= 0.3 is 5.97 Å². The molecule has 0 saturated heterocycles. The maximum absolute atomic E-state index is 13.0. The molecule has 7 heteroatoms. The zero-order valence-corrected chi connectivity index (χ0v) is 12.7. The molecule has 5 nitrogen and oxygen atoms in total. The number of ether oxygens (including phenoxy) is 3. The standard InChI is InChI=1S/C16H13ClFNO4/c17-12-5-9(6-14-15(12)22-4-3-21-14)8-23-16(20)11-2-1-10(18)7-13(11)19/h1-2,5-7H,3-4,8,19H2. The number of anilines is 1. The second-order valence-corrected chi connectivity index (χ2v) is 5.32. The van der Waals surface area contributed by atoms with Gasteiger partial charge < -0.3 is 19.9 Å². The van der Waals surface area contributed by atoms with Crippen LogP contribution in [0.4, 0.5) is 10.1 Å². The number of carbonyl (C=O) groups excluding carboxylic acids is 1. The van der Waals surface area contributed by atoms with E-state index in [9.17, 15) is 9.18 Å². The minimum absolute atomic E-state index is 0.0218. The molecule has 3 rings (SSSR count). The van der Waals surface area contributed by atoms with Crippen LogP contribution < -0.4 is 15.2 Å². The summed E-state index contributed by atoms with van der Waals surface area (Å²) in [7, 11) is 0. The molecule has 120 valence electrons. The Hall–Kier alpha value is -2.47. The number of halogens is 2. The summed E-state index contributed by atoms with van der Waals surface area (Å²) in [4.78, 5) is 12.0. The first-order valence-corrected chi connectivity index (χ1v) is 7.22. The van der Waals surface area contributed by atoms with Crippen LogP contribution in [-0.4, -0.2) is 19.2 Å². The van der Waals surface area contributed by atoms with E-state index in [0.29, 0.717) is 35.3 Å². The Morgan fingerprint density at radius 2 is 2.04 bits per heavy atom. The molecule has 2 aromatic carbocycles. The fourth-order valence-electron chi connectivity index (χ4n) is 2.19. The normalized spacial score (nSPS) is 12.8. The summed E-state index contributed by atoms with van der Waals surface area (Å²) < 4.78 is 29.0. The molecular formula is C16H13ClFNO4. The van der Waals surface area contributed by atoms with Crippen LogP contribution in [0.15, 0.2) is 30.3 Å². The highest BCUT2D eigenvalue weighted by Gasteiger charge is 2.18. The largest absolute Gasteiger partial charge is 0.486 e. The van der Waals surface area contributed by atoms with Crippen molar-refractivity contribution in [3.63, 3.8) is 0 Å². The maximum atomic E-state index is 13.0. The number of benzene rings is 2. The molecule has 23 heavy (non-hydrogen) atoms. The molecule has 2 aromatic rings. The molecule has 0 bridgehead atoms. The smallest absolute Gasteiger partial charge is 0.340 e. The molecular weight excluding hydrogens is 325 g/mol. The highest BCUT2D eigenvalue weighted by Crippen LogP contribution is 2.38. The van der Waals surface area contributed by atoms with Gasteiger partial charge in [-0.15, -0.1) is 0 Å². The maximum Gasteiger partial charge on any atom is 0.340 e. The van der Waals surface area contributed by atoms with Crippen LogP contribution in [0.5, 0.6) is 11.5 Å². The number of carbonyl (C=O) groups is 1. The molecule has 2 N–H and O–H groups in total. The quantitative estimate of drug-likeness (QED) is 0.688. The monoisotopic (exact) mass is 337 g/mol. The van der Waals surface area contributed by atoms with Crippen molar-refractivity contribution in [2.45, 2.75) is 6.61 Å². The molecule has 0 aliphatic carbocycles. The van der Waals surface area contributed by atoms with Crippen molar-refractivity contribution in [1.29, 1.82) is 0 Å². The Labute approximate surface area is 136 Å². The number of hydrogen-bond donors (Lipinski definition) is 1. The third-order valence-electron chi connectivity index (χ3n) is 3.26. The Morgan fingerprint density at radius 3 is 2.83 bits per heavy atom. The third-order valence-corrected chi connectivity index (χ3v) is 3.54. The van der Waals surface area contributed by atoms with Gasteiger partial charge in [-0.2, -0.15) is 0 Å². The molecule has 0 amide bonds. The molecule has 1 aliphatic rings. The SMILES string of the molecule is Nc1cc(F)ccc1C(=O)OCc1cc(Cl)c2c(c1)OCCO2. The van der Waals surface area contributed by atoms with E-state index in [0.717, 1.165) is 12.1 Å². The van der Waals surface area contributed by atoms with E-state index in [-0.39, 0.29) is 17.9 Å². The van der Waals surface area contributed by atoms with E-state index in [2.05, 4.69) is 0 Å². The zero-order valence-electron chi connectivity index (χ0n) is 12.0. The van der Waals surface area contributed by atoms with Crippen LogP contribution in [0.3, 0.4) is 0 Å². The number of nitrogens with two attached hydrogens (primary N) is 1. The van der Waals surface area contributed by atoms with Gasteiger partial charge in [0.1, 0.15) is 25.6 Å². The molecule has 1 heterocycles. The molecule has 0 aromatic heterocycles. The van der Waals surface area contributed by atoms with Crippen molar-refractivity contribution in [1.82, 2.24) is 0 Å². The number of nitrogen functional groups attached to an aromatic ring is 1. The summed E-state index contributed by atoms with van der Waals surface area (Å²) in [6.07, 6.45) is 0. The molecule has 0 spiro atoms. The van der Waals surface area contributed by atoms with Crippen LogP contribution in [-0.2, 0) is 11.3 Å². The van der Waals surface area contributed by atoms with Gasteiger partial charge in [-0.3, -0.25) is 0 Å². The lowest BCUT2D eigenvalue weighted by atomic mass is 10.1. The highest BCUT2D eigenvalue weighted by atomic mass is 35.5. The summed E-state index contributed by atoms with van der Waals surface area (Å²) in [6.45, 7) is 0.843. The predicted molar refractivity (Wildman–Crippen MR) is 82.4 cm³/mol. The molecule has 0 radical (unpaired) electrons. The van der Waals surface area contributed by atoms with Crippen molar-refractivity contribution in [2.24, 2.45) is 0 Å². The van der Waals surface area contributed by atoms with E-state index in [4.69, 9.17) is 31.5 Å². The van der Waals surface area contributed by atoms with Gasteiger partial charge in [0.25, 0.3) is 0 Å². The second-order valence-electron chi connectivity index (χ2n) is 4.91. The summed E-state index contributed by atoms with van der Waals surface area (Å²) >= 11 is 6.12. The number of esters is 1. The molecule has 0 saturated carbocycles. The van der Waals surface area contributed by atoms with Crippen LogP contribution in [0, 0.1) is 5.82 Å². The predicted octanol–water partition coefficient (Wildman–Crippen LogP) is 3.19. The Morgan fingerprint density at radius 1 is 1.26 bits per heavy atom. The van der Waals surface area contributed by atoms with Gasteiger partial charge in [0.05, 0.1) is 10.6 Å². The Bertz CT molecular complexity index is 766. The molecule has 0 unspecified atom stereocenters. The first-order chi connectivity index (χ1) is 11.0. The lowest BCUT2D eigenvalue weighted by Crippen LogP contribution is -2.16. The van der Waals surface area contributed by atoms with Crippen molar-refractivity contribution in [3.05, 3.63) is 52.3 Å². The van der Waals surface area contributed by atoms with Gasteiger partial charge in [0.2, 0.25) is 0 Å². The molecule has 0 atom stereocenters. The zero-order chi connectivity index (χ0) is 16.4. The second kappa shape index (κ2) is 6.34. The van der Waals surface area contributed by atoms with E-state index in [1.54, 1.807) is 12.1 Å². The van der Waals surface area contributed by atoms with Gasteiger partial charge in [0.15, 0.2) is 11.5 Å². The molecule has 1 aliphatic heterocycles. The molecule has 0 fully saturated rings. The number of fused-ring (bicyclic) bond motifs is 1. The summed E-state index contributed by atoms with van der Waals surface area (Å²) in [5, 5.41) is 0.384. The fraction of sp³-hybridized carbons (Fsp3) is 0.188. The van der Waals surface area contributed by atoms with Crippen LogP contribution in [0.1, 0.15) is 15.9 Å². The summed E-state index contributed by atoms with van der Waals surface area (Å²) in [5.41, 5.74) is 6.38. The van der Waals surface area contributed by atoms with E-state index >= 15 is 0 Å². The Kier molecular flexibility index (Phi) is 4.25.